The van der Waals surface area contributed by atoms with Gasteiger partial charge in [0.15, 0.2) is 17.4 Å². The number of allylic oxidation sites excluding steroid dienone is 4. The topological polar surface area (TPSA) is 62.9 Å². The number of ether oxygens (including phenoxy) is 4. The van der Waals surface area contributed by atoms with Gasteiger partial charge >= 0.3 is 0 Å². The zero-order valence-corrected chi connectivity index (χ0v) is 15.7. The normalized spacial score (nSPS) is 12.8. The minimum atomic E-state index is 0.209. The van der Waals surface area contributed by atoms with Gasteiger partial charge in [0.05, 0.1) is 28.4 Å². The summed E-state index contributed by atoms with van der Waals surface area (Å²) in [5.74, 6) is 1.71. The van der Waals surface area contributed by atoms with E-state index in [1.54, 1.807) is 27.4 Å². The molecular weight excluding hydrogens is 330 g/mol. The summed E-state index contributed by atoms with van der Waals surface area (Å²) in [6, 6.07) is 1.84. The number of methoxy groups -OCH3 is 4. The van der Waals surface area contributed by atoms with Crippen LogP contribution in [0.3, 0.4) is 0 Å². The first kappa shape index (κ1) is 19.8. The number of nitrogens with two attached hydrogens (primary N) is 1. The van der Waals surface area contributed by atoms with Crippen LogP contribution in [0.5, 0.6) is 17.2 Å². The molecule has 132 valence electrons. The molecule has 1 rings (SSSR count). The van der Waals surface area contributed by atoms with Crippen LogP contribution in [0, 0.1) is 6.92 Å². The summed E-state index contributed by atoms with van der Waals surface area (Å²) >= 11 is 6.26. The van der Waals surface area contributed by atoms with E-state index in [9.17, 15) is 0 Å². The first-order chi connectivity index (χ1) is 11.4. The summed E-state index contributed by atoms with van der Waals surface area (Å²) in [6.45, 7) is 7.45. The fourth-order valence-corrected chi connectivity index (χ4v) is 2.55. The Morgan fingerprint density at radius 1 is 1.12 bits per heavy atom. The molecule has 1 aromatic rings. The Balaban J connectivity index is 3.95. The van der Waals surface area contributed by atoms with Gasteiger partial charge in [-0.3, -0.25) is 0 Å². The molecule has 0 aliphatic heterocycles. The Morgan fingerprint density at radius 2 is 1.71 bits per heavy atom. The predicted octanol–water partition coefficient (Wildman–Crippen LogP) is 3.99. The molecule has 0 radical (unpaired) electrons. The molecule has 0 fully saturated rings. The quantitative estimate of drug-likeness (QED) is 0.593. The van der Waals surface area contributed by atoms with E-state index in [1.807, 2.05) is 19.9 Å². The van der Waals surface area contributed by atoms with Crippen molar-refractivity contribution in [3.05, 3.63) is 46.3 Å². The van der Waals surface area contributed by atoms with E-state index >= 15 is 0 Å². The first-order valence-electron chi connectivity index (χ1n) is 7.20. The third-order valence-corrected chi connectivity index (χ3v) is 4.09. The molecule has 0 bridgehead atoms. The average molecular weight is 354 g/mol. The van der Waals surface area contributed by atoms with Crippen molar-refractivity contribution in [2.24, 2.45) is 5.73 Å². The second-order valence-corrected chi connectivity index (χ2v) is 5.36. The van der Waals surface area contributed by atoms with Crippen LogP contribution in [0.25, 0.3) is 5.57 Å². The number of rotatable bonds is 7. The van der Waals surface area contributed by atoms with Crippen molar-refractivity contribution in [3.8, 4) is 17.2 Å². The highest BCUT2D eigenvalue weighted by atomic mass is 35.5. The summed E-state index contributed by atoms with van der Waals surface area (Å²) in [5, 5.41) is 0.459. The third kappa shape index (κ3) is 3.62. The molecule has 0 amide bonds. The SMILES string of the molecule is C=C/C(Cl)=C(C)\C(=C(/N)OC)c1c(C)cc(OC)c(OC)c1OC. The maximum atomic E-state index is 6.26. The van der Waals surface area contributed by atoms with Gasteiger partial charge in [-0.15, -0.1) is 0 Å². The van der Waals surface area contributed by atoms with Crippen molar-refractivity contribution in [2.75, 3.05) is 28.4 Å². The number of aryl methyl sites for hydroxylation is 1. The second kappa shape index (κ2) is 8.55. The molecule has 0 atom stereocenters. The molecule has 0 spiro atoms. The van der Waals surface area contributed by atoms with Crippen LogP contribution in [0.2, 0.25) is 0 Å². The fraction of sp³-hybridized carbons (Fsp3) is 0.333. The Labute approximate surface area is 148 Å². The van der Waals surface area contributed by atoms with Gasteiger partial charge in [-0.2, -0.15) is 0 Å². The fourth-order valence-electron chi connectivity index (χ4n) is 2.46. The van der Waals surface area contributed by atoms with Crippen molar-refractivity contribution < 1.29 is 18.9 Å². The van der Waals surface area contributed by atoms with Gasteiger partial charge < -0.3 is 24.7 Å². The van der Waals surface area contributed by atoms with Crippen LogP contribution in [0.1, 0.15) is 18.1 Å². The minimum absolute atomic E-state index is 0.209. The van der Waals surface area contributed by atoms with Crippen molar-refractivity contribution in [1.29, 1.82) is 0 Å². The molecule has 2 N–H and O–H groups in total. The van der Waals surface area contributed by atoms with Gasteiger partial charge in [0, 0.05) is 16.2 Å². The lowest BCUT2D eigenvalue weighted by atomic mass is 9.93. The molecule has 0 saturated heterocycles. The lowest BCUT2D eigenvalue weighted by Crippen LogP contribution is -2.09. The van der Waals surface area contributed by atoms with E-state index < -0.39 is 0 Å². The Kier molecular flexibility index (Phi) is 7.04. The molecule has 0 aliphatic carbocycles. The Hall–Kier alpha value is -2.27. The molecule has 0 heterocycles. The van der Waals surface area contributed by atoms with Gasteiger partial charge in [0.2, 0.25) is 5.75 Å². The largest absolute Gasteiger partial charge is 0.493 e. The number of hydrogen-bond donors (Lipinski definition) is 1. The summed E-state index contributed by atoms with van der Waals surface area (Å²) in [6.07, 6.45) is 1.54. The Morgan fingerprint density at radius 3 is 2.12 bits per heavy atom. The molecular formula is C18H24ClNO4. The first-order valence-corrected chi connectivity index (χ1v) is 7.58. The average Bonchev–Trinajstić information content (AvgIpc) is 2.60. The van der Waals surface area contributed by atoms with E-state index in [0.29, 0.717) is 39.0 Å². The maximum Gasteiger partial charge on any atom is 0.203 e. The number of halogens is 1. The molecule has 0 aliphatic rings. The lowest BCUT2D eigenvalue weighted by Gasteiger charge is -2.21. The van der Waals surface area contributed by atoms with Crippen molar-refractivity contribution in [2.45, 2.75) is 13.8 Å². The molecule has 0 saturated carbocycles. The highest BCUT2D eigenvalue weighted by molar-refractivity contribution is 6.32. The van der Waals surface area contributed by atoms with Gasteiger partial charge in [-0.25, -0.2) is 0 Å². The van der Waals surface area contributed by atoms with Gasteiger partial charge in [0.1, 0.15) is 0 Å². The maximum absolute atomic E-state index is 6.26. The zero-order valence-electron chi connectivity index (χ0n) is 15.0. The predicted molar refractivity (Wildman–Crippen MR) is 97.7 cm³/mol. The van der Waals surface area contributed by atoms with E-state index in [4.69, 9.17) is 36.3 Å². The minimum Gasteiger partial charge on any atom is -0.493 e. The lowest BCUT2D eigenvalue weighted by molar-refractivity contribution is 0.289. The molecule has 6 heteroatoms. The van der Waals surface area contributed by atoms with Crippen molar-refractivity contribution >= 4 is 17.2 Å². The van der Waals surface area contributed by atoms with Crippen LogP contribution in [-0.2, 0) is 4.74 Å². The highest BCUT2D eigenvalue weighted by Crippen LogP contribution is 2.47. The summed E-state index contributed by atoms with van der Waals surface area (Å²) < 4.78 is 21.7. The molecule has 1 aromatic carbocycles. The summed E-state index contributed by atoms with van der Waals surface area (Å²) in [4.78, 5) is 0. The van der Waals surface area contributed by atoms with Gasteiger partial charge in [-0.05, 0) is 31.1 Å². The van der Waals surface area contributed by atoms with Crippen LogP contribution < -0.4 is 19.9 Å². The van der Waals surface area contributed by atoms with E-state index in [0.717, 1.165) is 5.56 Å². The number of benzene rings is 1. The summed E-state index contributed by atoms with van der Waals surface area (Å²) in [7, 11) is 6.15. The zero-order chi connectivity index (χ0) is 18.4. The van der Waals surface area contributed by atoms with E-state index in [2.05, 4.69) is 6.58 Å². The van der Waals surface area contributed by atoms with E-state index in [-0.39, 0.29) is 5.88 Å². The van der Waals surface area contributed by atoms with Crippen LogP contribution in [-0.4, -0.2) is 28.4 Å². The standard InChI is InChI=1S/C18H24ClNO4/c1-8-12(19)11(3)15(18(20)24-7)14-10(2)9-13(21-4)16(22-5)17(14)23-6/h8-9H,1,20H2,2-7H3/b12-11+,18-15-. The van der Waals surface area contributed by atoms with Crippen molar-refractivity contribution in [1.82, 2.24) is 0 Å². The smallest absolute Gasteiger partial charge is 0.203 e. The van der Waals surface area contributed by atoms with Crippen LogP contribution in [0.4, 0.5) is 0 Å². The third-order valence-electron chi connectivity index (χ3n) is 3.66. The monoisotopic (exact) mass is 353 g/mol. The molecule has 24 heavy (non-hydrogen) atoms. The highest BCUT2D eigenvalue weighted by Gasteiger charge is 2.25. The van der Waals surface area contributed by atoms with Crippen LogP contribution in [0.15, 0.2) is 35.2 Å². The molecule has 0 aromatic heterocycles. The molecule has 5 nitrogen and oxygen atoms in total. The van der Waals surface area contributed by atoms with Crippen molar-refractivity contribution in [3.63, 3.8) is 0 Å². The Bertz CT molecular complexity index is 693. The van der Waals surface area contributed by atoms with E-state index in [1.165, 1.54) is 7.11 Å². The van der Waals surface area contributed by atoms with Crippen LogP contribution >= 0.6 is 11.6 Å². The van der Waals surface area contributed by atoms with Gasteiger partial charge in [0.25, 0.3) is 0 Å². The second-order valence-electron chi connectivity index (χ2n) is 4.96. The number of hydrogen-bond acceptors (Lipinski definition) is 5. The summed E-state index contributed by atoms with van der Waals surface area (Å²) in [5.41, 5.74) is 9.00. The molecule has 0 unspecified atom stereocenters. The van der Waals surface area contributed by atoms with Gasteiger partial charge in [-0.1, -0.05) is 24.3 Å².